The van der Waals surface area contributed by atoms with Gasteiger partial charge in [0.15, 0.2) is 11.5 Å². The van der Waals surface area contributed by atoms with E-state index in [0.29, 0.717) is 41.8 Å². The third-order valence-corrected chi connectivity index (χ3v) is 3.97. The average Bonchev–Trinajstić information content (AvgIpc) is 2.70. The molecular weight excluding hydrogens is 366 g/mol. The summed E-state index contributed by atoms with van der Waals surface area (Å²) in [6.45, 7) is 5.14. The van der Waals surface area contributed by atoms with Crippen molar-refractivity contribution in [3.8, 4) is 17.2 Å². The van der Waals surface area contributed by atoms with E-state index in [0.717, 1.165) is 18.6 Å². The van der Waals surface area contributed by atoms with E-state index in [4.69, 9.17) is 25.8 Å². The quantitative estimate of drug-likeness (QED) is 0.454. The minimum atomic E-state index is -0.151. The predicted octanol–water partition coefficient (Wildman–Crippen LogP) is 4.50. The number of benzene rings is 2. The number of unbranched alkanes of at least 4 members (excludes halogenated alkanes) is 1. The third kappa shape index (κ3) is 6.87. The van der Waals surface area contributed by atoms with Crippen LogP contribution >= 0.6 is 11.6 Å². The molecule has 1 N–H and O–H groups in total. The second kappa shape index (κ2) is 11.1. The summed E-state index contributed by atoms with van der Waals surface area (Å²) in [5.41, 5.74) is 0.523. The highest BCUT2D eigenvalue weighted by atomic mass is 35.5. The van der Waals surface area contributed by atoms with Crippen LogP contribution in [0.5, 0.6) is 17.2 Å². The number of rotatable bonds is 11. The van der Waals surface area contributed by atoms with Crippen LogP contribution in [0.2, 0.25) is 5.02 Å². The number of carbonyl (C=O) groups excluding carboxylic acids is 1. The molecule has 0 aliphatic carbocycles. The van der Waals surface area contributed by atoms with Gasteiger partial charge in [0.05, 0.1) is 13.7 Å². The Balaban J connectivity index is 1.71. The van der Waals surface area contributed by atoms with Gasteiger partial charge in [0, 0.05) is 17.1 Å². The fourth-order valence-electron chi connectivity index (χ4n) is 2.33. The molecule has 0 spiro atoms. The molecule has 6 heteroatoms. The normalized spacial score (nSPS) is 10.1. The predicted molar refractivity (Wildman–Crippen MR) is 107 cm³/mol. The van der Waals surface area contributed by atoms with Gasteiger partial charge in [-0.3, -0.25) is 4.79 Å². The van der Waals surface area contributed by atoms with Crippen molar-refractivity contribution < 1.29 is 19.0 Å². The Hall–Kier alpha value is -2.66. The second-order valence-corrected chi connectivity index (χ2v) is 6.17. The van der Waals surface area contributed by atoms with Crippen molar-refractivity contribution in [1.82, 2.24) is 5.32 Å². The van der Waals surface area contributed by atoms with E-state index in [2.05, 4.69) is 11.9 Å². The molecule has 0 heterocycles. The molecule has 0 fully saturated rings. The lowest BCUT2D eigenvalue weighted by Crippen LogP contribution is -2.24. The second-order valence-electron chi connectivity index (χ2n) is 5.73. The number of ether oxygens (including phenoxy) is 3. The number of carbonyl (C=O) groups is 1. The first-order valence-electron chi connectivity index (χ1n) is 8.72. The van der Waals surface area contributed by atoms with Crippen LogP contribution in [0.3, 0.4) is 0 Å². The van der Waals surface area contributed by atoms with Crippen molar-refractivity contribution in [3.05, 3.63) is 65.7 Å². The minimum absolute atomic E-state index is 0.151. The smallest absolute Gasteiger partial charge is 0.251 e. The van der Waals surface area contributed by atoms with Crippen LogP contribution in [0.4, 0.5) is 0 Å². The van der Waals surface area contributed by atoms with E-state index in [9.17, 15) is 4.79 Å². The Kier molecular flexibility index (Phi) is 8.52. The minimum Gasteiger partial charge on any atom is -0.494 e. The van der Waals surface area contributed by atoms with E-state index in [1.807, 2.05) is 12.1 Å². The number of hydrogen-bond acceptors (Lipinski definition) is 4. The first kappa shape index (κ1) is 20.6. The van der Waals surface area contributed by atoms with Gasteiger partial charge in [-0.2, -0.15) is 0 Å². The van der Waals surface area contributed by atoms with E-state index in [1.54, 1.807) is 43.5 Å². The lowest BCUT2D eigenvalue weighted by Gasteiger charge is -2.11. The molecule has 5 nitrogen and oxygen atoms in total. The molecule has 2 aromatic rings. The summed E-state index contributed by atoms with van der Waals surface area (Å²) in [5, 5.41) is 3.58. The van der Waals surface area contributed by atoms with Crippen LogP contribution in [0.1, 0.15) is 23.2 Å². The molecule has 0 unspecified atom stereocenters. The van der Waals surface area contributed by atoms with Gasteiger partial charge < -0.3 is 19.5 Å². The Morgan fingerprint density at radius 3 is 2.59 bits per heavy atom. The fourth-order valence-corrected chi connectivity index (χ4v) is 2.45. The van der Waals surface area contributed by atoms with Gasteiger partial charge in [-0.15, -0.1) is 0 Å². The summed E-state index contributed by atoms with van der Waals surface area (Å²) < 4.78 is 16.4. The highest BCUT2D eigenvalue weighted by Crippen LogP contribution is 2.28. The molecule has 0 radical (unpaired) electrons. The zero-order valence-corrected chi connectivity index (χ0v) is 16.1. The van der Waals surface area contributed by atoms with E-state index >= 15 is 0 Å². The van der Waals surface area contributed by atoms with Crippen molar-refractivity contribution in [2.45, 2.75) is 12.8 Å². The molecule has 0 saturated carbocycles. The van der Waals surface area contributed by atoms with Gasteiger partial charge in [-0.25, -0.2) is 0 Å². The van der Waals surface area contributed by atoms with Crippen LogP contribution in [0.15, 0.2) is 55.1 Å². The molecule has 0 bridgehead atoms. The van der Waals surface area contributed by atoms with Crippen LogP contribution in [0, 0.1) is 0 Å². The molecular formula is C21H24ClNO4. The third-order valence-electron chi connectivity index (χ3n) is 3.72. The van der Waals surface area contributed by atoms with Crippen LogP contribution in [0.25, 0.3) is 0 Å². The van der Waals surface area contributed by atoms with Crippen molar-refractivity contribution in [2.75, 3.05) is 26.9 Å². The van der Waals surface area contributed by atoms with Gasteiger partial charge in [0.1, 0.15) is 12.4 Å². The van der Waals surface area contributed by atoms with Gasteiger partial charge in [-0.1, -0.05) is 24.3 Å². The average molecular weight is 390 g/mol. The van der Waals surface area contributed by atoms with E-state index in [1.165, 1.54) is 0 Å². The molecule has 2 rings (SSSR count). The maximum atomic E-state index is 12.3. The fraction of sp³-hybridized carbons (Fsp3) is 0.286. The van der Waals surface area contributed by atoms with Crippen LogP contribution in [-0.2, 0) is 0 Å². The van der Waals surface area contributed by atoms with E-state index in [-0.39, 0.29) is 5.91 Å². The monoisotopic (exact) mass is 389 g/mol. The van der Waals surface area contributed by atoms with Crippen molar-refractivity contribution >= 4 is 17.5 Å². The van der Waals surface area contributed by atoms with Crippen molar-refractivity contribution in [2.24, 2.45) is 0 Å². The van der Waals surface area contributed by atoms with Gasteiger partial charge in [0.25, 0.3) is 5.91 Å². The summed E-state index contributed by atoms with van der Waals surface area (Å²) >= 11 is 5.83. The van der Waals surface area contributed by atoms with Crippen molar-refractivity contribution in [1.29, 1.82) is 0 Å². The Labute approximate surface area is 164 Å². The summed E-state index contributed by atoms with van der Waals surface area (Å²) in [6.07, 6.45) is 3.30. The maximum Gasteiger partial charge on any atom is 0.251 e. The first-order chi connectivity index (χ1) is 13.1. The van der Waals surface area contributed by atoms with Gasteiger partial charge in [0.2, 0.25) is 0 Å². The van der Waals surface area contributed by atoms with Gasteiger partial charge in [-0.05, 0) is 55.3 Å². The Bertz CT molecular complexity index is 746. The maximum absolute atomic E-state index is 12.3. The molecule has 0 saturated heterocycles. The standard InChI is InChI=1S/C21H24ClNO4/c1-3-13-27-19-11-6-16(15-20(19)25-2)21(24)23-12-4-5-14-26-18-9-7-17(22)8-10-18/h3,6-11,15H,1,4-5,12-14H2,2H3,(H,23,24). The van der Waals surface area contributed by atoms with Gasteiger partial charge >= 0.3 is 0 Å². The molecule has 0 atom stereocenters. The highest BCUT2D eigenvalue weighted by molar-refractivity contribution is 6.30. The van der Waals surface area contributed by atoms with E-state index < -0.39 is 0 Å². The highest BCUT2D eigenvalue weighted by Gasteiger charge is 2.10. The zero-order chi connectivity index (χ0) is 19.5. The van der Waals surface area contributed by atoms with Crippen LogP contribution < -0.4 is 19.5 Å². The molecule has 0 aromatic heterocycles. The first-order valence-corrected chi connectivity index (χ1v) is 9.10. The van der Waals surface area contributed by atoms with Crippen LogP contribution in [-0.4, -0.2) is 32.8 Å². The zero-order valence-electron chi connectivity index (χ0n) is 15.4. The summed E-state index contributed by atoms with van der Waals surface area (Å²) in [4.78, 5) is 12.3. The lowest BCUT2D eigenvalue weighted by molar-refractivity contribution is 0.0952. The summed E-state index contributed by atoms with van der Waals surface area (Å²) in [5.74, 6) is 1.73. The molecule has 0 aliphatic rings. The summed E-state index contributed by atoms with van der Waals surface area (Å²) in [7, 11) is 1.54. The topological polar surface area (TPSA) is 56.8 Å². The van der Waals surface area contributed by atoms with Crippen molar-refractivity contribution in [3.63, 3.8) is 0 Å². The molecule has 144 valence electrons. The number of halogens is 1. The Morgan fingerprint density at radius 2 is 1.89 bits per heavy atom. The molecule has 0 aliphatic heterocycles. The SMILES string of the molecule is C=CCOc1ccc(C(=O)NCCCCOc2ccc(Cl)cc2)cc1OC. The summed E-state index contributed by atoms with van der Waals surface area (Å²) in [6, 6.07) is 12.3. The number of hydrogen-bond donors (Lipinski definition) is 1. The molecule has 2 aromatic carbocycles. The molecule has 27 heavy (non-hydrogen) atoms. The molecule has 1 amide bonds. The number of amides is 1. The number of methoxy groups -OCH3 is 1. The lowest BCUT2D eigenvalue weighted by atomic mass is 10.2. The largest absolute Gasteiger partial charge is 0.494 e. The Morgan fingerprint density at radius 1 is 1.11 bits per heavy atom. The number of nitrogens with one attached hydrogen (secondary N) is 1.